The number of hydrogen-bond donors (Lipinski definition) is 3. The van der Waals surface area contributed by atoms with Gasteiger partial charge in [-0.2, -0.15) is 13.2 Å². The molecule has 3 aromatic rings. The minimum absolute atomic E-state index is 0. The van der Waals surface area contributed by atoms with Crippen molar-refractivity contribution in [3.05, 3.63) is 29.7 Å². The number of H-pyrrole nitrogens is 1. The molecule has 1 atom stereocenters. The first kappa shape index (κ1) is 22.6. The van der Waals surface area contributed by atoms with E-state index in [2.05, 4.69) is 25.3 Å². The predicted octanol–water partition coefficient (Wildman–Crippen LogP) is 4.68. The van der Waals surface area contributed by atoms with E-state index >= 15 is 0 Å². The standard InChI is InChI=1S/C19H20ClF3N6O2.3H2/c1-9(2)31-14-7-26-16(13-6-25-15-12(13)4-11(20)5-24-15)29-17(14)28-10(3)18(30)27-8-19(21,22)23;;;/h4-7,9-10H,8H2,1-3H3,(H,24,25)(H,27,30)(H,26,28,29);3*1H/t10-;;;/m0.../s1. The first-order valence-electron chi connectivity index (χ1n) is 9.31. The molecule has 12 heteroatoms. The van der Waals surface area contributed by atoms with E-state index in [4.69, 9.17) is 16.3 Å². The molecule has 0 bridgehead atoms. The number of halogens is 4. The van der Waals surface area contributed by atoms with Crippen LogP contribution in [-0.2, 0) is 4.79 Å². The first-order valence-corrected chi connectivity index (χ1v) is 9.69. The average Bonchev–Trinajstić information content (AvgIpc) is 3.09. The van der Waals surface area contributed by atoms with Gasteiger partial charge in [-0.05, 0) is 26.8 Å². The van der Waals surface area contributed by atoms with E-state index in [1.54, 1.807) is 26.1 Å². The number of ether oxygens (including phenoxy) is 1. The van der Waals surface area contributed by atoms with Gasteiger partial charge in [0.25, 0.3) is 0 Å². The fourth-order valence-corrected chi connectivity index (χ4v) is 2.88. The fraction of sp³-hybridized carbons (Fsp3) is 0.368. The van der Waals surface area contributed by atoms with Crippen molar-refractivity contribution < 1.29 is 27.0 Å². The Bertz CT molecular complexity index is 1100. The molecule has 3 rings (SSSR count). The lowest BCUT2D eigenvalue weighted by Gasteiger charge is -2.19. The molecule has 0 aliphatic rings. The Hall–Kier alpha value is -3.08. The van der Waals surface area contributed by atoms with Crippen LogP contribution < -0.4 is 15.4 Å². The molecular formula is C19H26ClF3N6O2. The molecule has 31 heavy (non-hydrogen) atoms. The summed E-state index contributed by atoms with van der Waals surface area (Å²) in [4.78, 5) is 28.0. The van der Waals surface area contributed by atoms with Gasteiger partial charge in [-0.3, -0.25) is 4.79 Å². The molecule has 0 fully saturated rings. The number of anilines is 1. The molecule has 3 N–H and O–H groups in total. The van der Waals surface area contributed by atoms with E-state index in [1.165, 1.54) is 19.3 Å². The molecule has 0 aliphatic heterocycles. The first-order chi connectivity index (χ1) is 14.5. The Morgan fingerprint density at radius 3 is 2.71 bits per heavy atom. The molecule has 0 aliphatic carbocycles. The van der Waals surface area contributed by atoms with Gasteiger partial charge in [-0.15, -0.1) is 0 Å². The van der Waals surface area contributed by atoms with Crippen LogP contribution in [0.5, 0.6) is 5.75 Å². The maximum atomic E-state index is 12.4. The van der Waals surface area contributed by atoms with Crippen molar-refractivity contribution in [3.8, 4) is 17.1 Å². The molecule has 8 nitrogen and oxygen atoms in total. The minimum Gasteiger partial charge on any atom is -0.486 e. The van der Waals surface area contributed by atoms with E-state index in [-0.39, 0.29) is 27.8 Å². The van der Waals surface area contributed by atoms with Gasteiger partial charge in [0.2, 0.25) is 5.91 Å². The van der Waals surface area contributed by atoms with Crippen molar-refractivity contribution in [2.45, 2.75) is 39.1 Å². The zero-order valence-electron chi connectivity index (χ0n) is 16.8. The highest BCUT2D eigenvalue weighted by Gasteiger charge is 2.29. The molecule has 0 saturated carbocycles. The molecule has 3 aromatic heterocycles. The Morgan fingerprint density at radius 2 is 2.03 bits per heavy atom. The van der Waals surface area contributed by atoms with E-state index in [1.807, 2.05) is 5.32 Å². The summed E-state index contributed by atoms with van der Waals surface area (Å²) in [6.45, 7) is 3.59. The average molecular weight is 463 g/mol. The van der Waals surface area contributed by atoms with Crippen molar-refractivity contribution in [3.63, 3.8) is 0 Å². The highest BCUT2D eigenvalue weighted by molar-refractivity contribution is 6.31. The normalized spacial score (nSPS) is 12.8. The Kier molecular flexibility index (Phi) is 6.54. The molecular weight excluding hydrogens is 437 g/mol. The topological polar surface area (TPSA) is 105 Å². The van der Waals surface area contributed by atoms with Crippen LogP contribution in [0.3, 0.4) is 0 Å². The Morgan fingerprint density at radius 1 is 1.29 bits per heavy atom. The van der Waals surface area contributed by atoms with Gasteiger partial charge in [0.15, 0.2) is 17.4 Å². The summed E-state index contributed by atoms with van der Waals surface area (Å²) in [6.07, 6.45) is -0.134. The second kappa shape index (κ2) is 8.96. The Balaban J connectivity index is 0.00000363. The number of nitrogens with zero attached hydrogens (tertiary/aromatic N) is 3. The third-order valence-electron chi connectivity index (χ3n) is 4.07. The van der Waals surface area contributed by atoms with E-state index in [0.29, 0.717) is 21.6 Å². The van der Waals surface area contributed by atoms with Crippen molar-refractivity contribution in [1.29, 1.82) is 0 Å². The van der Waals surface area contributed by atoms with Crippen molar-refractivity contribution in [2.24, 2.45) is 0 Å². The molecule has 0 unspecified atom stereocenters. The van der Waals surface area contributed by atoms with Crippen LogP contribution in [-0.4, -0.2) is 50.7 Å². The van der Waals surface area contributed by atoms with Crippen LogP contribution in [0.4, 0.5) is 19.0 Å². The number of carbonyl (C=O) groups is 1. The number of alkyl halides is 3. The number of aromatic nitrogens is 4. The van der Waals surface area contributed by atoms with Gasteiger partial charge in [0.05, 0.1) is 17.3 Å². The van der Waals surface area contributed by atoms with Crippen molar-refractivity contribution in [2.75, 3.05) is 11.9 Å². The van der Waals surface area contributed by atoms with Gasteiger partial charge in [-0.1, -0.05) is 11.6 Å². The molecule has 0 aromatic carbocycles. The lowest BCUT2D eigenvalue weighted by molar-refractivity contribution is -0.138. The molecule has 0 radical (unpaired) electrons. The van der Waals surface area contributed by atoms with Crippen molar-refractivity contribution >= 4 is 34.4 Å². The zero-order chi connectivity index (χ0) is 22.8. The summed E-state index contributed by atoms with van der Waals surface area (Å²) in [5.74, 6) is -0.129. The van der Waals surface area contributed by atoms with Crippen molar-refractivity contribution in [1.82, 2.24) is 25.3 Å². The van der Waals surface area contributed by atoms with E-state index in [9.17, 15) is 18.0 Å². The van der Waals surface area contributed by atoms with Gasteiger partial charge in [0.1, 0.15) is 18.2 Å². The van der Waals surface area contributed by atoms with Crippen LogP contribution in [0.1, 0.15) is 25.1 Å². The van der Waals surface area contributed by atoms with Gasteiger partial charge in [-0.25, -0.2) is 15.0 Å². The lowest BCUT2D eigenvalue weighted by Crippen LogP contribution is -2.42. The number of rotatable bonds is 7. The molecule has 0 saturated heterocycles. The number of aromatic amines is 1. The maximum Gasteiger partial charge on any atom is 0.405 e. The largest absolute Gasteiger partial charge is 0.486 e. The maximum absolute atomic E-state index is 12.4. The monoisotopic (exact) mass is 462 g/mol. The van der Waals surface area contributed by atoms with Gasteiger partial charge >= 0.3 is 6.18 Å². The third kappa shape index (κ3) is 5.75. The van der Waals surface area contributed by atoms with Gasteiger partial charge in [0, 0.05) is 27.6 Å². The predicted molar refractivity (Wildman–Crippen MR) is 116 cm³/mol. The highest BCUT2D eigenvalue weighted by atomic mass is 35.5. The summed E-state index contributed by atoms with van der Waals surface area (Å²) < 4.78 is 42.8. The summed E-state index contributed by atoms with van der Waals surface area (Å²) in [6, 6.07) is 0.691. The van der Waals surface area contributed by atoms with E-state index in [0.717, 1.165) is 0 Å². The second-order valence-corrected chi connectivity index (χ2v) is 7.46. The van der Waals surface area contributed by atoms with Crippen LogP contribution in [0.25, 0.3) is 22.4 Å². The van der Waals surface area contributed by atoms with Crippen LogP contribution in [0.15, 0.2) is 24.7 Å². The van der Waals surface area contributed by atoms with Crippen LogP contribution >= 0.6 is 11.6 Å². The molecule has 1 amide bonds. The summed E-state index contributed by atoms with van der Waals surface area (Å²) in [5, 5.41) is 5.76. The molecule has 0 spiro atoms. The zero-order valence-corrected chi connectivity index (χ0v) is 17.6. The second-order valence-electron chi connectivity index (χ2n) is 7.02. The Labute approximate surface area is 185 Å². The molecule has 172 valence electrons. The smallest absolute Gasteiger partial charge is 0.405 e. The summed E-state index contributed by atoms with van der Waals surface area (Å²) >= 11 is 6.04. The number of amides is 1. The van der Waals surface area contributed by atoms with E-state index < -0.39 is 24.7 Å². The molecule has 3 heterocycles. The summed E-state index contributed by atoms with van der Waals surface area (Å²) in [7, 11) is 0. The minimum atomic E-state index is -4.51. The number of carbonyl (C=O) groups excluding carboxylic acids is 1. The number of fused-ring (bicyclic) bond motifs is 1. The quantitative estimate of drug-likeness (QED) is 0.471. The third-order valence-corrected chi connectivity index (χ3v) is 4.27. The van der Waals surface area contributed by atoms with Crippen LogP contribution in [0.2, 0.25) is 5.02 Å². The number of nitrogens with one attached hydrogen (secondary N) is 3. The number of hydrogen-bond acceptors (Lipinski definition) is 6. The lowest BCUT2D eigenvalue weighted by atomic mass is 10.2. The summed E-state index contributed by atoms with van der Waals surface area (Å²) in [5.41, 5.74) is 1.19. The van der Waals surface area contributed by atoms with Crippen LogP contribution in [0, 0.1) is 0 Å². The highest BCUT2D eigenvalue weighted by Crippen LogP contribution is 2.31. The number of pyridine rings is 1. The SMILES string of the molecule is CC(C)Oc1cnc(-c2c[nH]c3ncc(Cl)cc23)nc1N[C@@H](C)C(=O)NCC(F)(F)F.[HH].[HH].[HH]. The van der Waals surface area contributed by atoms with Gasteiger partial charge < -0.3 is 20.4 Å². The fourth-order valence-electron chi connectivity index (χ4n) is 2.72.